The highest BCUT2D eigenvalue weighted by atomic mass is 35.5. The molecule has 0 fully saturated rings. The molecule has 0 heterocycles. The Balaban J connectivity index is 2.76. The number of amides is 1. The number of hydrogen-bond donors (Lipinski definition) is 1. The Morgan fingerprint density at radius 2 is 1.90 bits per heavy atom. The predicted molar refractivity (Wildman–Crippen MR) is 81.5 cm³/mol. The van der Waals surface area contributed by atoms with Gasteiger partial charge in [-0.15, -0.1) is 0 Å². The molecule has 0 aliphatic heterocycles. The van der Waals surface area contributed by atoms with Crippen molar-refractivity contribution in [2.75, 3.05) is 5.75 Å². The van der Waals surface area contributed by atoms with E-state index in [1.165, 1.54) is 6.07 Å². The summed E-state index contributed by atoms with van der Waals surface area (Å²) in [6, 6.07) is 4.69. The number of rotatable bonds is 4. The Morgan fingerprint density at radius 3 is 2.40 bits per heavy atom. The largest absolute Gasteiger partial charge is 0.268 e. The van der Waals surface area contributed by atoms with E-state index in [4.69, 9.17) is 11.6 Å². The Morgan fingerprint density at radius 1 is 1.30 bits per heavy atom. The van der Waals surface area contributed by atoms with E-state index in [1.54, 1.807) is 12.1 Å². The van der Waals surface area contributed by atoms with Gasteiger partial charge in [0.2, 0.25) is 10.0 Å². The molecule has 0 atom stereocenters. The van der Waals surface area contributed by atoms with Crippen LogP contribution in [0.15, 0.2) is 18.2 Å². The van der Waals surface area contributed by atoms with Gasteiger partial charge in [-0.25, -0.2) is 13.1 Å². The normalized spacial score (nSPS) is 12.2. The molecule has 0 spiro atoms. The van der Waals surface area contributed by atoms with Crippen molar-refractivity contribution in [2.24, 2.45) is 5.41 Å². The number of benzene rings is 1. The number of nitrogens with one attached hydrogen (secondary N) is 1. The van der Waals surface area contributed by atoms with Gasteiger partial charge in [-0.2, -0.15) is 0 Å². The van der Waals surface area contributed by atoms with Gasteiger partial charge in [-0.05, 0) is 36.5 Å². The number of hydrogen-bond acceptors (Lipinski definition) is 3. The van der Waals surface area contributed by atoms with Crippen molar-refractivity contribution in [3.63, 3.8) is 0 Å². The lowest BCUT2D eigenvalue weighted by molar-refractivity contribution is 0.0981. The van der Waals surface area contributed by atoms with Gasteiger partial charge in [0, 0.05) is 10.6 Å². The van der Waals surface area contributed by atoms with Crippen LogP contribution in [0, 0.1) is 12.3 Å². The first-order valence-corrected chi connectivity index (χ1v) is 8.34. The molecule has 20 heavy (non-hydrogen) atoms. The highest BCUT2D eigenvalue weighted by molar-refractivity contribution is 7.90. The van der Waals surface area contributed by atoms with E-state index in [-0.39, 0.29) is 16.7 Å². The summed E-state index contributed by atoms with van der Waals surface area (Å²) in [7, 11) is -3.63. The number of carbonyl (C=O) groups is 1. The van der Waals surface area contributed by atoms with Gasteiger partial charge in [-0.1, -0.05) is 38.4 Å². The van der Waals surface area contributed by atoms with E-state index < -0.39 is 15.9 Å². The average Bonchev–Trinajstić information content (AvgIpc) is 2.29. The molecule has 0 saturated heterocycles. The molecule has 0 aromatic heterocycles. The Kier molecular flexibility index (Phi) is 5.21. The second-order valence-electron chi connectivity index (χ2n) is 6.02. The minimum Gasteiger partial charge on any atom is -0.268 e. The molecular weight excluding hydrogens is 298 g/mol. The fourth-order valence-electron chi connectivity index (χ4n) is 1.43. The van der Waals surface area contributed by atoms with E-state index in [9.17, 15) is 13.2 Å². The summed E-state index contributed by atoms with van der Waals surface area (Å²) in [4.78, 5) is 11.9. The standard InChI is InChI=1S/C14H20ClNO3S/c1-10-5-6-11(9-12(10)15)13(17)16-20(18,19)8-7-14(2,3)4/h5-6,9H,7-8H2,1-4H3,(H,16,17). The molecule has 0 saturated carbocycles. The second kappa shape index (κ2) is 6.14. The van der Waals surface area contributed by atoms with E-state index in [0.29, 0.717) is 11.4 Å². The molecule has 4 nitrogen and oxygen atoms in total. The fourth-order valence-corrected chi connectivity index (χ4v) is 2.99. The fraction of sp³-hybridized carbons (Fsp3) is 0.500. The minimum atomic E-state index is -3.63. The van der Waals surface area contributed by atoms with E-state index in [2.05, 4.69) is 4.72 Å². The molecule has 112 valence electrons. The lowest BCUT2D eigenvalue weighted by Gasteiger charge is -2.17. The van der Waals surface area contributed by atoms with Crippen molar-refractivity contribution < 1.29 is 13.2 Å². The summed E-state index contributed by atoms with van der Waals surface area (Å²) in [5.74, 6) is -0.734. The number of carbonyl (C=O) groups excluding carboxylic acids is 1. The topological polar surface area (TPSA) is 63.2 Å². The van der Waals surface area contributed by atoms with Crippen molar-refractivity contribution in [2.45, 2.75) is 34.1 Å². The maximum Gasteiger partial charge on any atom is 0.264 e. The molecule has 1 rings (SSSR count). The Labute approximate surface area is 125 Å². The monoisotopic (exact) mass is 317 g/mol. The van der Waals surface area contributed by atoms with Crippen LogP contribution in [0.25, 0.3) is 0 Å². The second-order valence-corrected chi connectivity index (χ2v) is 8.27. The van der Waals surface area contributed by atoms with Crippen molar-refractivity contribution in [1.82, 2.24) is 4.72 Å². The zero-order valence-electron chi connectivity index (χ0n) is 12.2. The number of aryl methyl sites for hydroxylation is 1. The van der Waals surface area contributed by atoms with Gasteiger partial charge >= 0.3 is 0 Å². The summed E-state index contributed by atoms with van der Waals surface area (Å²) >= 11 is 5.92. The summed E-state index contributed by atoms with van der Waals surface area (Å²) in [5, 5.41) is 0.435. The van der Waals surface area contributed by atoms with E-state index in [1.807, 2.05) is 27.7 Å². The van der Waals surface area contributed by atoms with Crippen LogP contribution in [-0.4, -0.2) is 20.1 Å². The average molecular weight is 318 g/mol. The summed E-state index contributed by atoms with van der Waals surface area (Å²) in [5.41, 5.74) is 0.962. The summed E-state index contributed by atoms with van der Waals surface area (Å²) < 4.78 is 25.8. The van der Waals surface area contributed by atoms with Gasteiger partial charge in [0.1, 0.15) is 0 Å². The van der Waals surface area contributed by atoms with Crippen LogP contribution in [0.4, 0.5) is 0 Å². The van der Waals surface area contributed by atoms with Crippen LogP contribution < -0.4 is 4.72 Å². The molecule has 0 aliphatic carbocycles. The van der Waals surface area contributed by atoms with Crippen LogP contribution in [0.1, 0.15) is 43.1 Å². The molecule has 1 amide bonds. The SMILES string of the molecule is Cc1ccc(C(=O)NS(=O)(=O)CCC(C)(C)C)cc1Cl. The lowest BCUT2D eigenvalue weighted by Crippen LogP contribution is -2.33. The highest BCUT2D eigenvalue weighted by Crippen LogP contribution is 2.19. The maximum absolute atomic E-state index is 11.9. The van der Waals surface area contributed by atoms with Crippen LogP contribution in [0.3, 0.4) is 0 Å². The summed E-state index contributed by atoms with van der Waals surface area (Å²) in [6.45, 7) is 7.66. The smallest absolute Gasteiger partial charge is 0.264 e. The number of halogens is 1. The molecule has 0 aliphatic rings. The van der Waals surface area contributed by atoms with E-state index >= 15 is 0 Å². The first-order valence-electron chi connectivity index (χ1n) is 6.31. The first kappa shape index (κ1) is 17.0. The molecule has 1 aromatic rings. The minimum absolute atomic E-state index is 0.0815. The van der Waals surface area contributed by atoms with Crippen LogP contribution in [0.5, 0.6) is 0 Å². The Bertz CT molecular complexity index is 603. The van der Waals surface area contributed by atoms with Gasteiger partial charge in [-0.3, -0.25) is 4.79 Å². The number of sulfonamides is 1. The van der Waals surface area contributed by atoms with Gasteiger partial charge < -0.3 is 0 Å². The maximum atomic E-state index is 11.9. The zero-order chi connectivity index (χ0) is 15.6. The molecule has 0 radical (unpaired) electrons. The third-order valence-electron chi connectivity index (χ3n) is 2.80. The third-order valence-corrected chi connectivity index (χ3v) is 4.45. The molecule has 6 heteroatoms. The molecule has 1 aromatic carbocycles. The Hall–Kier alpha value is -1.07. The first-order chi connectivity index (χ1) is 9.00. The van der Waals surface area contributed by atoms with Crippen LogP contribution in [-0.2, 0) is 10.0 Å². The molecule has 0 bridgehead atoms. The van der Waals surface area contributed by atoms with Gasteiger partial charge in [0.25, 0.3) is 5.91 Å². The molecular formula is C14H20ClNO3S. The van der Waals surface area contributed by atoms with Crippen LogP contribution in [0.2, 0.25) is 5.02 Å². The van der Waals surface area contributed by atoms with Crippen molar-refractivity contribution in [3.05, 3.63) is 34.3 Å². The molecule has 1 N–H and O–H groups in total. The summed E-state index contributed by atoms with van der Waals surface area (Å²) in [6.07, 6.45) is 0.476. The van der Waals surface area contributed by atoms with Crippen LogP contribution >= 0.6 is 11.6 Å². The quantitative estimate of drug-likeness (QED) is 0.928. The molecule has 0 unspecified atom stereocenters. The van der Waals surface area contributed by atoms with Crippen molar-refractivity contribution >= 4 is 27.5 Å². The lowest BCUT2D eigenvalue weighted by atomic mass is 9.94. The third kappa shape index (κ3) is 5.51. The predicted octanol–water partition coefficient (Wildman–Crippen LogP) is 3.14. The van der Waals surface area contributed by atoms with Gasteiger partial charge in [0.15, 0.2) is 0 Å². The highest BCUT2D eigenvalue weighted by Gasteiger charge is 2.20. The van der Waals surface area contributed by atoms with Crippen molar-refractivity contribution in [1.29, 1.82) is 0 Å². The van der Waals surface area contributed by atoms with Crippen molar-refractivity contribution in [3.8, 4) is 0 Å². The zero-order valence-corrected chi connectivity index (χ0v) is 13.7. The van der Waals surface area contributed by atoms with Gasteiger partial charge in [0.05, 0.1) is 5.75 Å². The van der Waals surface area contributed by atoms with E-state index in [0.717, 1.165) is 5.56 Å².